The first-order valence-corrected chi connectivity index (χ1v) is 14.3. The van der Waals surface area contributed by atoms with Crippen molar-refractivity contribution in [1.29, 1.82) is 0 Å². The summed E-state index contributed by atoms with van der Waals surface area (Å²) >= 11 is 1.70. The number of thiazole rings is 1. The molecule has 0 fully saturated rings. The highest BCUT2D eigenvalue weighted by molar-refractivity contribution is 7.21. The fourth-order valence-corrected chi connectivity index (χ4v) is 6.84. The molecular weight excluding hydrogens is 524 g/mol. The molecule has 0 bridgehead atoms. The van der Waals surface area contributed by atoms with Gasteiger partial charge in [0.25, 0.3) is 0 Å². The summed E-state index contributed by atoms with van der Waals surface area (Å²) in [4.78, 5) is 14.7. The summed E-state index contributed by atoms with van der Waals surface area (Å²) < 4.78 is 9.75. The van der Waals surface area contributed by atoms with Crippen LogP contribution in [0.15, 0.2) is 126 Å². The van der Waals surface area contributed by atoms with E-state index in [1.165, 1.54) is 4.70 Å². The lowest BCUT2D eigenvalue weighted by Gasteiger charge is -2.08. The summed E-state index contributed by atoms with van der Waals surface area (Å²) in [6.45, 7) is 0. The van der Waals surface area contributed by atoms with E-state index < -0.39 is 0 Å². The molecule has 192 valence electrons. The van der Waals surface area contributed by atoms with Crippen LogP contribution in [0.5, 0.6) is 0 Å². The first-order valence-electron chi connectivity index (χ1n) is 13.4. The second kappa shape index (κ2) is 8.58. The fourth-order valence-electron chi connectivity index (χ4n) is 5.87. The third-order valence-electron chi connectivity index (χ3n) is 7.72. The number of nitrogens with zero attached hydrogens (tertiary/aromatic N) is 4. The molecule has 9 aromatic rings. The van der Waals surface area contributed by atoms with E-state index in [1.54, 1.807) is 11.3 Å². The van der Waals surface area contributed by atoms with Gasteiger partial charge in [-0.15, -0.1) is 11.3 Å². The van der Waals surface area contributed by atoms with Crippen LogP contribution >= 0.6 is 11.3 Å². The third kappa shape index (κ3) is 3.38. The first-order chi connectivity index (χ1) is 20.3. The van der Waals surface area contributed by atoms with Gasteiger partial charge in [-0.2, -0.15) is 0 Å². The number of benzene rings is 5. The molecule has 0 saturated heterocycles. The largest absolute Gasteiger partial charge is 0.455 e. The zero-order valence-corrected chi connectivity index (χ0v) is 22.5. The van der Waals surface area contributed by atoms with Crippen LogP contribution in [-0.4, -0.2) is 19.5 Å². The van der Waals surface area contributed by atoms with Crippen LogP contribution < -0.4 is 0 Å². The Kier molecular flexibility index (Phi) is 4.71. The normalized spacial score (nSPS) is 11.9. The number of aromatic nitrogens is 4. The molecule has 0 aliphatic heterocycles. The van der Waals surface area contributed by atoms with Crippen LogP contribution in [0, 0.1) is 0 Å². The molecule has 0 spiro atoms. The Morgan fingerprint density at radius 3 is 2.41 bits per heavy atom. The molecule has 41 heavy (non-hydrogen) atoms. The van der Waals surface area contributed by atoms with E-state index in [2.05, 4.69) is 95.6 Å². The lowest BCUT2D eigenvalue weighted by atomic mass is 10.1. The Balaban J connectivity index is 1.23. The number of fused-ring (bicyclic) bond motifs is 8. The monoisotopic (exact) mass is 544 g/mol. The molecule has 6 heteroatoms. The predicted molar refractivity (Wildman–Crippen MR) is 168 cm³/mol. The van der Waals surface area contributed by atoms with Gasteiger partial charge in [0.2, 0.25) is 5.95 Å². The summed E-state index contributed by atoms with van der Waals surface area (Å²) in [5.41, 5.74) is 7.80. The molecule has 4 heterocycles. The number of hydrogen-bond donors (Lipinski definition) is 0. The Morgan fingerprint density at radius 1 is 0.634 bits per heavy atom. The molecule has 0 unspecified atom stereocenters. The predicted octanol–water partition coefficient (Wildman–Crippen LogP) is 9.42. The molecule has 0 aliphatic rings. The second-order valence-corrected chi connectivity index (χ2v) is 11.1. The van der Waals surface area contributed by atoms with E-state index in [0.29, 0.717) is 5.95 Å². The van der Waals surface area contributed by atoms with Gasteiger partial charge in [-0.1, -0.05) is 66.7 Å². The highest BCUT2D eigenvalue weighted by atomic mass is 32.1. The van der Waals surface area contributed by atoms with Gasteiger partial charge in [-0.3, -0.25) is 4.57 Å². The molecule has 0 amide bonds. The molecule has 5 aromatic carbocycles. The van der Waals surface area contributed by atoms with Gasteiger partial charge in [0.05, 0.1) is 32.3 Å². The van der Waals surface area contributed by atoms with Crippen molar-refractivity contribution < 1.29 is 4.42 Å². The molecular formula is C35H20N4OS. The van der Waals surface area contributed by atoms with Crippen molar-refractivity contribution in [3.8, 4) is 27.8 Å². The van der Waals surface area contributed by atoms with Gasteiger partial charge in [0, 0.05) is 33.5 Å². The minimum Gasteiger partial charge on any atom is -0.455 e. The van der Waals surface area contributed by atoms with Crippen molar-refractivity contribution in [3.05, 3.63) is 121 Å². The first kappa shape index (κ1) is 22.5. The van der Waals surface area contributed by atoms with Crippen molar-refractivity contribution in [2.45, 2.75) is 0 Å². The van der Waals surface area contributed by atoms with Crippen molar-refractivity contribution in [2.24, 2.45) is 0 Å². The summed E-state index contributed by atoms with van der Waals surface area (Å²) in [6, 6.07) is 39.5. The van der Waals surface area contributed by atoms with Crippen LogP contribution in [0.25, 0.3) is 81.7 Å². The Morgan fingerprint density at radius 2 is 1.46 bits per heavy atom. The maximum atomic E-state index is 6.43. The van der Waals surface area contributed by atoms with Crippen LogP contribution in [0.4, 0.5) is 0 Å². The topological polar surface area (TPSA) is 56.7 Å². The molecule has 5 nitrogen and oxygen atoms in total. The van der Waals surface area contributed by atoms with Gasteiger partial charge in [-0.25, -0.2) is 15.0 Å². The van der Waals surface area contributed by atoms with Crippen LogP contribution in [-0.2, 0) is 0 Å². The number of hydrogen-bond acceptors (Lipinski definition) is 5. The summed E-state index contributed by atoms with van der Waals surface area (Å²) in [5, 5.41) is 5.41. The maximum absolute atomic E-state index is 6.43. The SMILES string of the molecule is c1cc(-c2ccnc(-n3c4ccccc4c4c5oc6ccccc6c5ccc43)n2)cc(-c2nc3ccccc3s2)c1. The molecule has 0 atom stereocenters. The highest BCUT2D eigenvalue weighted by Gasteiger charge is 2.20. The van der Waals surface area contributed by atoms with E-state index in [9.17, 15) is 0 Å². The van der Waals surface area contributed by atoms with E-state index in [4.69, 9.17) is 19.4 Å². The minimum absolute atomic E-state index is 0.620. The quantitative estimate of drug-likeness (QED) is 0.222. The second-order valence-electron chi connectivity index (χ2n) is 10.1. The average molecular weight is 545 g/mol. The van der Waals surface area contributed by atoms with E-state index >= 15 is 0 Å². The molecule has 0 saturated carbocycles. The molecule has 0 aliphatic carbocycles. The minimum atomic E-state index is 0.620. The third-order valence-corrected chi connectivity index (χ3v) is 8.81. The zero-order chi connectivity index (χ0) is 26.9. The molecule has 0 N–H and O–H groups in total. The molecule has 0 radical (unpaired) electrons. The lowest BCUT2D eigenvalue weighted by Crippen LogP contribution is -2.01. The Bertz CT molecular complexity index is 2420. The Hall–Kier alpha value is -5.33. The molecule has 4 aromatic heterocycles. The highest BCUT2D eigenvalue weighted by Crippen LogP contribution is 2.40. The fraction of sp³-hybridized carbons (Fsp3) is 0. The van der Waals surface area contributed by atoms with Gasteiger partial charge in [-0.05, 0) is 48.5 Å². The summed E-state index contributed by atoms with van der Waals surface area (Å²) in [6.07, 6.45) is 1.84. The number of rotatable bonds is 3. The van der Waals surface area contributed by atoms with E-state index in [-0.39, 0.29) is 0 Å². The van der Waals surface area contributed by atoms with Gasteiger partial charge < -0.3 is 4.42 Å². The number of furan rings is 1. The van der Waals surface area contributed by atoms with Gasteiger partial charge in [0.15, 0.2) is 0 Å². The van der Waals surface area contributed by atoms with Crippen LogP contribution in [0.1, 0.15) is 0 Å². The van der Waals surface area contributed by atoms with E-state index in [0.717, 1.165) is 71.1 Å². The summed E-state index contributed by atoms with van der Waals surface area (Å²) in [5.74, 6) is 0.620. The van der Waals surface area contributed by atoms with Crippen molar-refractivity contribution in [3.63, 3.8) is 0 Å². The maximum Gasteiger partial charge on any atom is 0.235 e. The zero-order valence-electron chi connectivity index (χ0n) is 21.7. The summed E-state index contributed by atoms with van der Waals surface area (Å²) in [7, 11) is 0. The standard InChI is InChI=1S/C35H20N4OS/c1-4-13-28-25(11-1)32-29(17-16-24-23-10-2-5-14-30(23)40-33(24)32)39(28)35-36-19-18-26(38-35)21-8-7-9-22(20-21)34-37-27-12-3-6-15-31(27)41-34/h1-20H. The van der Waals surface area contributed by atoms with Crippen molar-refractivity contribution in [2.75, 3.05) is 0 Å². The van der Waals surface area contributed by atoms with Crippen molar-refractivity contribution in [1.82, 2.24) is 19.5 Å². The average Bonchev–Trinajstić information content (AvgIpc) is 3.73. The molecule has 9 rings (SSSR count). The van der Waals surface area contributed by atoms with Gasteiger partial charge >= 0.3 is 0 Å². The Labute approximate surface area is 238 Å². The van der Waals surface area contributed by atoms with E-state index in [1.807, 2.05) is 30.5 Å². The smallest absolute Gasteiger partial charge is 0.235 e. The van der Waals surface area contributed by atoms with Crippen molar-refractivity contribution >= 4 is 65.3 Å². The van der Waals surface area contributed by atoms with Crippen LogP contribution in [0.2, 0.25) is 0 Å². The lowest BCUT2D eigenvalue weighted by molar-refractivity contribution is 0.673. The van der Waals surface area contributed by atoms with Gasteiger partial charge in [0.1, 0.15) is 16.2 Å². The number of para-hydroxylation sites is 3. The van der Waals surface area contributed by atoms with Crippen LogP contribution in [0.3, 0.4) is 0 Å².